The zero-order valence-electron chi connectivity index (χ0n) is 11.7. The van der Waals surface area contributed by atoms with Crippen molar-refractivity contribution in [3.05, 3.63) is 28.3 Å². The molecule has 1 fully saturated rings. The predicted molar refractivity (Wildman–Crippen MR) is 72.5 cm³/mol. The van der Waals surface area contributed by atoms with Crippen LogP contribution in [0.1, 0.15) is 0 Å². The van der Waals surface area contributed by atoms with Gasteiger partial charge in [0.1, 0.15) is 18.1 Å². The smallest absolute Gasteiger partial charge is 0.387 e. The lowest BCUT2D eigenvalue weighted by molar-refractivity contribution is -0.385. The van der Waals surface area contributed by atoms with Crippen LogP contribution in [-0.4, -0.2) is 55.9 Å². The van der Waals surface area contributed by atoms with Crippen LogP contribution in [0.3, 0.4) is 0 Å². The van der Waals surface area contributed by atoms with E-state index >= 15 is 0 Å². The van der Waals surface area contributed by atoms with Gasteiger partial charge in [0, 0.05) is 25.7 Å². The van der Waals surface area contributed by atoms with Gasteiger partial charge in [-0.3, -0.25) is 15.0 Å². The van der Waals surface area contributed by atoms with Crippen LogP contribution in [0.2, 0.25) is 0 Å². The van der Waals surface area contributed by atoms with Crippen molar-refractivity contribution in [1.82, 2.24) is 4.90 Å². The van der Waals surface area contributed by atoms with Crippen LogP contribution in [0.4, 0.5) is 14.5 Å². The van der Waals surface area contributed by atoms with Gasteiger partial charge < -0.3 is 14.2 Å². The van der Waals surface area contributed by atoms with E-state index in [2.05, 4.69) is 9.64 Å². The van der Waals surface area contributed by atoms with Crippen molar-refractivity contribution in [3.8, 4) is 11.5 Å². The molecule has 0 spiro atoms. The lowest BCUT2D eigenvalue weighted by Gasteiger charge is -2.26. The number of alkyl halides is 2. The summed E-state index contributed by atoms with van der Waals surface area (Å²) >= 11 is 0. The lowest BCUT2D eigenvalue weighted by Crippen LogP contribution is -2.38. The zero-order valence-corrected chi connectivity index (χ0v) is 11.7. The van der Waals surface area contributed by atoms with Crippen molar-refractivity contribution in [3.63, 3.8) is 0 Å². The first kappa shape index (κ1) is 16.4. The fourth-order valence-electron chi connectivity index (χ4n) is 2.03. The monoisotopic (exact) mass is 318 g/mol. The maximum atomic E-state index is 12.2. The second-order valence-electron chi connectivity index (χ2n) is 4.60. The zero-order chi connectivity index (χ0) is 15.9. The summed E-state index contributed by atoms with van der Waals surface area (Å²) < 4.78 is 39.3. The number of non-ortho nitro benzene ring substituents is 1. The number of ether oxygens (including phenoxy) is 3. The molecule has 1 heterocycles. The molecular weight excluding hydrogens is 302 g/mol. The Morgan fingerprint density at radius 3 is 2.59 bits per heavy atom. The maximum absolute atomic E-state index is 12.2. The molecule has 1 aliphatic rings. The Morgan fingerprint density at radius 2 is 1.95 bits per heavy atom. The molecule has 9 heteroatoms. The molecule has 0 bridgehead atoms. The van der Waals surface area contributed by atoms with Crippen molar-refractivity contribution in [2.75, 3.05) is 39.5 Å². The normalized spacial score (nSPS) is 15.8. The van der Waals surface area contributed by atoms with Crippen molar-refractivity contribution in [1.29, 1.82) is 0 Å². The van der Waals surface area contributed by atoms with Gasteiger partial charge in [-0.05, 0) is 0 Å². The number of nitrogens with zero attached hydrogens (tertiary/aromatic N) is 2. The number of nitro groups is 1. The molecular formula is C13H16F2N2O5. The number of hydrogen-bond acceptors (Lipinski definition) is 6. The molecule has 1 aromatic carbocycles. The molecule has 1 aromatic rings. The van der Waals surface area contributed by atoms with E-state index in [0.29, 0.717) is 19.8 Å². The van der Waals surface area contributed by atoms with E-state index in [-0.39, 0.29) is 23.8 Å². The molecule has 0 unspecified atom stereocenters. The first-order chi connectivity index (χ1) is 10.5. The minimum absolute atomic E-state index is 0.123. The van der Waals surface area contributed by atoms with Gasteiger partial charge in [-0.25, -0.2) is 0 Å². The van der Waals surface area contributed by atoms with Crippen LogP contribution < -0.4 is 9.47 Å². The highest BCUT2D eigenvalue weighted by Crippen LogP contribution is 2.28. The van der Waals surface area contributed by atoms with Crippen molar-refractivity contribution in [2.24, 2.45) is 0 Å². The summed E-state index contributed by atoms with van der Waals surface area (Å²) in [7, 11) is 0. The minimum Gasteiger partial charge on any atom is -0.492 e. The first-order valence-electron chi connectivity index (χ1n) is 6.72. The molecule has 0 aromatic heterocycles. The van der Waals surface area contributed by atoms with E-state index in [1.165, 1.54) is 12.1 Å². The average Bonchev–Trinajstić information content (AvgIpc) is 2.47. The van der Waals surface area contributed by atoms with E-state index in [9.17, 15) is 18.9 Å². The van der Waals surface area contributed by atoms with Gasteiger partial charge in [0.2, 0.25) is 0 Å². The summed E-state index contributed by atoms with van der Waals surface area (Å²) in [5.74, 6) is -0.177. The van der Waals surface area contributed by atoms with Gasteiger partial charge in [0.05, 0.1) is 30.3 Å². The van der Waals surface area contributed by atoms with E-state index in [1.807, 2.05) is 0 Å². The summed E-state index contributed by atoms with van der Waals surface area (Å²) in [6.07, 6.45) is 0. The molecule has 1 saturated heterocycles. The molecule has 0 aliphatic carbocycles. The minimum atomic E-state index is -3.05. The summed E-state index contributed by atoms with van der Waals surface area (Å²) in [4.78, 5) is 12.2. The van der Waals surface area contributed by atoms with Gasteiger partial charge in [-0.15, -0.1) is 0 Å². The Bertz CT molecular complexity index is 509. The van der Waals surface area contributed by atoms with Crippen LogP contribution in [0.5, 0.6) is 11.5 Å². The lowest BCUT2D eigenvalue weighted by atomic mass is 10.3. The fourth-order valence-corrected chi connectivity index (χ4v) is 2.03. The van der Waals surface area contributed by atoms with Gasteiger partial charge in [0.25, 0.3) is 5.69 Å². The molecule has 7 nitrogen and oxygen atoms in total. The Hall–Kier alpha value is -2.00. The Kier molecular flexibility index (Phi) is 5.84. The molecule has 0 amide bonds. The van der Waals surface area contributed by atoms with Crippen molar-refractivity contribution >= 4 is 5.69 Å². The number of benzene rings is 1. The van der Waals surface area contributed by atoms with Crippen LogP contribution in [0, 0.1) is 10.1 Å². The number of morpholine rings is 1. The Morgan fingerprint density at radius 1 is 1.27 bits per heavy atom. The van der Waals surface area contributed by atoms with Crippen LogP contribution >= 0.6 is 0 Å². The van der Waals surface area contributed by atoms with Gasteiger partial charge in [0.15, 0.2) is 0 Å². The second kappa shape index (κ2) is 7.85. The maximum Gasteiger partial charge on any atom is 0.387 e. The molecule has 122 valence electrons. The number of nitro benzene ring substituents is 1. The SMILES string of the molecule is O=[N+]([O-])c1cc(OCCN2CCOCC2)cc(OC(F)F)c1. The van der Waals surface area contributed by atoms with E-state index in [0.717, 1.165) is 19.2 Å². The summed E-state index contributed by atoms with van der Waals surface area (Å²) in [6, 6.07) is 3.32. The van der Waals surface area contributed by atoms with Gasteiger partial charge in [-0.1, -0.05) is 0 Å². The van der Waals surface area contributed by atoms with Gasteiger partial charge >= 0.3 is 6.61 Å². The highest BCUT2D eigenvalue weighted by Gasteiger charge is 2.15. The highest BCUT2D eigenvalue weighted by molar-refractivity contribution is 5.46. The van der Waals surface area contributed by atoms with Crippen LogP contribution in [-0.2, 0) is 4.74 Å². The first-order valence-corrected chi connectivity index (χ1v) is 6.72. The molecule has 2 rings (SSSR count). The Labute approximate surface area is 125 Å². The molecule has 22 heavy (non-hydrogen) atoms. The summed E-state index contributed by atoms with van der Waals surface area (Å²) in [5, 5.41) is 10.8. The average molecular weight is 318 g/mol. The standard InChI is InChI=1S/C13H16F2N2O5/c14-13(15)22-12-8-10(17(18)19)7-11(9-12)21-6-3-16-1-4-20-5-2-16/h7-9,13H,1-6H2. The molecule has 0 atom stereocenters. The quantitative estimate of drug-likeness (QED) is 0.565. The van der Waals surface area contributed by atoms with Crippen molar-refractivity contribution < 1.29 is 27.9 Å². The number of rotatable bonds is 7. The second-order valence-corrected chi connectivity index (χ2v) is 4.60. The Balaban J connectivity index is 1.95. The highest BCUT2D eigenvalue weighted by atomic mass is 19.3. The van der Waals surface area contributed by atoms with E-state index in [4.69, 9.17) is 9.47 Å². The van der Waals surface area contributed by atoms with E-state index in [1.54, 1.807) is 0 Å². The number of halogens is 2. The van der Waals surface area contributed by atoms with E-state index < -0.39 is 11.5 Å². The van der Waals surface area contributed by atoms with Crippen LogP contribution in [0.15, 0.2) is 18.2 Å². The third kappa shape index (κ3) is 5.08. The molecule has 0 radical (unpaired) electrons. The third-order valence-electron chi connectivity index (χ3n) is 3.08. The molecule has 1 aliphatic heterocycles. The predicted octanol–water partition coefficient (Wildman–Crippen LogP) is 1.91. The molecule has 0 N–H and O–H groups in total. The summed E-state index contributed by atoms with van der Waals surface area (Å²) in [6.45, 7) is 0.748. The number of hydrogen-bond donors (Lipinski definition) is 0. The summed E-state index contributed by atoms with van der Waals surface area (Å²) in [5.41, 5.74) is -0.362. The molecule has 0 saturated carbocycles. The van der Waals surface area contributed by atoms with Crippen LogP contribution in [0.25, 0.3) is 0 Å². The third-order valence-corrected chi connectivity index (χ3v) is 3.08. The largest absolute Gasteiger partial charge is 0.492 e. The fraction of sp³-hybridized carbons (Fsp3) is 0.538. The van der Waals surface area contributed by atoms with Gasteiger partial charge in [-0.2, -0.15) is 8.78 Å². The topological polar surface area (TPSA) is 74.1 Å². The van der Waals surface area contributed by atoms with Crippen molar-refractivity contribution in [2.45, 2.75) is 6.61 Å².